The Kier molecular flexibility index (Phi) is 7.65. The molecule has 8 heteroatoms. The molecule has 4 nitrogen and oxygen atoms in total. The normalized spacial score (nSPS) is 24.5. The first-order valence-corrected chi connectivity index (χ1v) is 9.96. The van der Waals surface area contributed by atoms with E-state index in [0.717, 1.165) is 29.8 Å². The summed E-state index contributed by atoms with van der Waals surface area (Å²) in [5, 5.41) is 0. The lowest BCUT2D eigenvalue weighted by molar-refractivity contribution is -0.834. The van der Waals surface area contributed by atoms with Gasteiger partial charge in [-0.05, 0) is 64.2 Å². The smallest absolute Gasteiger partial charge is 0.514 e. The number of quaternary nitrogens is 1. The summed E-state index contributed by atoms with van der Waals surface area (Å²) in [6, 6.07) is 5.84. The van der Waals surface area contributed by atoms with Gasteiger partial charge in [0.15, 0.2) is 0 Å². The predicted octanol–water partition coefficient (Wildman–Crippen LogP) is 0.685. The van der Waals surface area contributed by atoms with Crippen LogP contribution < -0.4 is 28.9 Å². The quantitative estimate of drug-likeness (QED) is 0.589. The van der Waals surface area contributed by atoms with E-state index < -0.39 is 17.3 Å². The van der Waals surface area contributed by atoms with Crippen molar-refractivity contribution in [1.29, 1.82) is 0 Å². The number of ether oxygens (including phenoxy) is 1. The highest BCUT2D eigenvalue weighted by molar-refractivity contribution is 5.57. The summed E-state index contributed by atoms with van der Waals surface area (Å²) in [4.78, 5) is 15.6. The number of alkyl carbamates (subject to hydrolysis) is 2. The van der Waals surface area contributed by atoms with Gasteiger partial charge in [0.1, 0.15) is 12.1 Å². The number of piperazine rings is 1. The van der Waals surface area contributed by atoms with Gasteiger partial charge < -0.3 is 28.7 Å². The maximum atomic E-state index is 12.9. The molecule has 1 aromatic rings. The fraction of sp³-hybridized carbons (Fsp3) is 0.667. The van der Waals surface area contributed by atoms with Crippen molar-refractivity contribution in [3.63, 3.8) is 0 Å². The number of amides is 1. The van der Waals surface area contributed by atoms with E-state index in [9.17, 15) is 18.0 Å². The predicted molar refractivity (Wildman–Crippen MR) is 100 cm³/mol. The molecule has 0 radical (unpaired) electrons. The molecule has 1 aliphatic heterocycles. The van der Waals surface area contributed by atoms with Gasteiger partial charge >= 0.3 is 12.3 Å². The van der Waals surface area contributed by atoms with Crippen molar-refractivity contribution in [2.45, 2.75) is 64.4 Å². The second kappa shape index (κ2) is 9.09. The molecule has 164 valence electrons. The first-order chi connectivity index (χ1) is 13.0. The van der Waals surface area contributed by atoms with E-state index in [-0.39, 0.29) is 42.2 Å². The second-order valence-electron chi connectivity index (χ2n) is 9.05. The Morgan fingerprint density at radius 2 is 1.76 bits per heavy atom. The number of rotatable bonds is 3. The third kappa shape index (κ3) is 6.30. The van der Waals surface area contributed by atoms with E-state index in [1.54, 1.807) is 12.1 Å². The molecule has 2 fully saturated rings. The summed E-state index contributed by atoms with van der Waals surface area (Å²) < 4.78 is 44.2. The molecular formula is C21H30F3IN2O2. The first-order valence-electron chi connectivity index (χ1n) is 9.96. The minimum Gasteiger partial charge on any atom is -1.00 e. The number of nitrogens with zero attached hydrogens (tertiary/aromatic N) is 1. The molecule has 1 N–H and O–H groups in total. The van der Waals surface area contributed by atoms with E-state index in [1.807, 2.05) is 20.8 Å². The Labute approximate surface area is 187 Å². The summed E-state index contributed by atoms with van der Waals surface area (Å²) in [6.45, 7) is 9.66. The lowest BCUT2D eigenvalue weighted by atomic mass is 9.96. The van der Waals surface area contributed by atoms with Gasteiger partial charge in [-0.2, -0.15) is 18.0 Å². The van der Waals surface area contributed by atoms with Gasteiger partial charge in [0.05, 0.1) is 18.2 Å². The summed E-state index contributed by atoms with van der Waals surface area (Å²) in [5.74, 6) is 0.474. The number of halogens is 4. The van der Waals surface area contributed by atoms with Crippen LogP contribution in [0.15, 0.2) is 24.3 Å². The van der Waals surface area contributed by atoms with Crippen LogP contribution in [0.3, 0.4) is 0 Å². The lowest BCUT2D eigenvalue weighted by Gasteiger charge is -2.41. The van der Waals surface area contributed by atoms with Gasteiger partial charge in [0.25, 0.3) is 0 Å². The van der Waals surface area contributed by atoms with E-state index in [2.05, 4.69) is 11.8 Å². The Bertz CT molecular complexity index is 699. The molecular weight excluding hydrogens is 496 g/mol. The Hall–Kier alpha value is -0.870. The van der Waals surface area contributed by atoms with Crippen molar-refractivity contribution in [2.24, 2.45) is 5.92 Å². The number of alkyl halides is 3. The molecule has 1 saturated heterocycles. The Balaban J connectivity index is 0.00000300. The van der Waals surface area contributed by atoms with Crippen molar-refractivity contribution < 1.29 is 51.6 Å². The van der Waals surface area contributed by atoms with Crippen LogP contribution in [-0.4, -0.2) is 42.3 Å². The van der Waals surface area contributed by atoms with Crippen LogP contribution in [0.4, 0.5) is 18.0 Å². The standard InChI is InChI=1S/C21H29F3N2O2.HI/c1-14-13-25(19(27)28-20(2,3)4)11-12-26(14)18(15-5-6-15)16-7-9-17(10-8-16)21(22,23)24;/h7-10,14-15,18H,5-6,11-13H2,1-4H3;1H/t14-,18?;/m0./s1. The van der Waals surface area contributed by atoms with Gasteiger partial charge in [0.2, 0.25) is 0 Å². The van der Waals surface area contributed by atoms with Crippen LogP contribution in [0.5, 0.6) is 0 Å². The molecule has 0 bridgehead atoms. The topological polar surface area (TPSA) is 34.0 Å². The van der Waals surface area contributed by atoms with Gasteiger partial charge in [0, 0.05) is 12.6 Å². The SMILES string of the molecule is C[C@H]1C[NH+](C(=O)OC(C)(C)C)CCN1C(c1ccc(C(F)(F)F)cc1)C1CC1.[I-]. The van der Waals surface area contributed by atoms with Gasteiger partial charge in [-0.1, -0.05) is 12.1 Å². The zero-order chi connectivity index (χ0) is 20.7. The maximum absolute atomic E-state index is 12.9. The lowest BCUT2D eigenvalue weighted by Crippen LogP contribution is -3.18. The van der Waals surface area contributed by atoms with E-state index >= 15 is 0 Å². The molecule has 3 atom stereocenters. The van der Waals surface area contributed by atoms with E-state index in [0.29, 0.717) is 19.0 Å². The van der Waals surface area contributed by atoms with Crippen LogP contribution in [0.2, 0.25) is 0 Å². The van der Waals surface area contributed by atoms with Crippen LogP contribution in [0.1, 0.15) is 57.7 Å². The number of hydrogen-bond donors (Lipinski definition) is 1. The number of benzene rings is 1. The molecule has 29 heavy (non-hydrogen) atoms. The molecule has 2 unspecified atom stereocenters. The summed E-state index contributed by atoms with van der Waals surface area (Å²) >= 11 is 0. The van der Waals surface area contributed by atoms with Crippen molar-refractivity contribution in [3.05, 3.63) is 35.4 Å². The zero-order valence-electron chi connectivity index (χ0n) is 17.4. The monoisotopic (exact) mass is 526 g/mol. The fourth-order valence-corrected chi connectivity index (χ4v) is 4.02. The summed E-state index contributed by atoms with van der Waals surface area (Å²) in [6.07, 6.45) is -2.35. The van der Waals surface area contributed by atoms with Crippen LogP contribution in [-0.2, 0) is 10.9 Å². The second-order valence-corrected chi connectivity index (χ2v) is 9.05. The van der Waals surface area contributed by atoms with Crippen molar-refractivity contribution in [3.8, 4) is 0 Å². The Morgan fingerprint density at radius 1 is 1.17 bits per heavy atom. The van der Waals surface area contributed by atoms with Gasteiger partial charge in [-0.15, -0.1) is 0 Å². The van der Waals surface area contributed by atoms with E-state index in [1.165, 1.54) is 12.1 Å². The third-order valence-corrected chi connectivity index (χ3v) is 5.47. The highest BCUT2D eigenvalue weighted by Crippen LogP contribution is 2.45. The zero-order valence-corrected chi connectivity index (χ0v) is 19.5. The van der Waals surface area contributed by atoms with Crippen molar-refractivity contribution in [1.82, 2.24) is 4.90 Å². The number of nitrogens with one attached hydrogen (secondary N) is 1. The average Bonchev–Trinajstić information content (AvgIpc) is 3.39. The molecule has 1 saturated carbocycles. The largest absolute Gasteiger partial charge is 1.00 e. The fourth-order valence-electron chi connectivity index (χ4n) is 4.02. The molecule has 0 aromatic heterocycles. The maximum Gasteiger partial charge on any atom is 0.514 e. The molecule has 1 amide bonds. The summed E-state index contributed by atoms with van der Waals surface area (Å²) in [7, 11) is 0. The van der Waals surface area contributed by atoms with Gasteiger partial charge in [-0.25, -0.2) is 4.90 Å². The van der Waals surface area contributed by atoms with Gasteiger partial charge in [-0.3, -0.25) is 4.90 Å². The number of hydrogen-bond acceptors (Lipinski definition) is 3. The minimum atomic E-state index is -4.32. The third-order valence-electron chi connectivity index (χ3n) is 5.47. The minimum absolute atomic E-state index is 0. The van der Waals surface area contributed by atoms with Crippen LogP contribution >= 0.6 is 0 Å². The van der Waals surface area contributed by atoms with Crippen LogP contribution in [0, 0.1) is 5.92 Å². The molecule has 0 spiro atoms. The molecule has 1 aromatic carbocycles. The van der Waals surface area contributed by atoms with Crippen LogP contribution in [0.25, 0.3) is 0 Å². The summed E-state index contributed by atoms with van der Waals surface area (Å²) in [5.41, 5.74) is -0.192. The first kappa shape index (κ1) is 24.4. The highest BCUT2D eigenvalue weighted by atomic mass is 127. The Morgan fingerprint density at radius 3 is 2.21 bits per heavy atom. The van der Waals surface area contributed by atoms with Crippen molar-refractivity contribution in [2.75, 3.05) is 19.6 Å². The molecule has 3 rings (SSSR count). The van der Waals surface area contributed by atoms with Crippen molar-refractivity contribution >= 4 is 6.09 Å². The molecule has 1 heterocycles. The highest BCUT2D eigenvalue weighted by Gasteiger charge is 2.43. The molecule has 1 aliphatic carbocycles. The average molecular weight is 526 g/mol. The molecule has 2 aliphatic rings. The number of carbonyl (C=O) groups is 1. The van der Waals surface area contributed by atoms with E-state index in [4.69, 9.17) is 4.74 Å². The number of carbonyl (C=O) groups excluding carboxylic acids is 1.